The standard InChI is InChI=1S/C14H21BrN2O2/c1-4-7-16-14(10(2)3)8-11-5-6-12(17(18)19)9-13(11)15/h5-6,9-10,14,16H,4,7-8H2,1-3H3. The van der Waals surface area contributed by atoms with Gasteiger partial charge in [-0.05, 0) is 30.9 Å². The Bertz CT molecular complexity index is 435. The quantitative estimate of drug-likeness (QED) is 0.609. The van der Waals surface area contributed by atoms with Gasteiger partial charge in [-0.1, -0.05) is 42.8 Å². The highest BCUT2D eigenvalue weighted by Crippen LogP contribution is 2.25. The number of benzene rings is 1. The molecule has 0 spiro atoms. The van der Waals surface area contributed by atoms with Crippen LogP contribution in [0.2, 0.25) is 0 Å². The lowest BCUT2D eigenvalue weighted by Crippen LogP contribution is -2.36. The fourth-order valence-corrected chi connectivity index (χ4v) is 2.45. The van der Waals surface area contributed by atoms with E-state index in [2.05, 4.69) is 42.0 Å². The Labute approximate surface area is 122 Å². The predicted octanol–water partition coefficient (Wildman–Crippen LogP) is 3.92. The van der Waals surface area contributed by atoms with Gasteiger partial charge in [0.05, 0.1) is 4.92 Å². The molecule has 0 radical (unpaired) electrons. The summed E-state index contributed by atoms with van der Waals surface area (Å²) < 4.78 is 0.811. The van der Waals surface area contributed by atoms with E-state index in [1.54, 1.807) is 12.1 Å². The van der Waals surface area contributed by atoms with Crippen LogP contribution in [0.1, 0.15) is 32.8 Å². The average molecular weight is 329 g/mol. The Morgan fingerprint density at radius 1 is 1.42 bits per heavy atom. The third-order valence-corrected chi connectivity index (χ3v) is 3.89. The van der Waals surface area contributed by atoms with Crippen molar-refractivity contribution in [3.63, 3.8) is 0 Å². The molecule has 4 nitrogen and oxygen atoms in total. The lowest BCUT2D eigenvalue weighted by atomic mass is 9.96. The third-order valence-electron chi connectivity index (χ3n) is 3.15. The molecule has 19 heavy (non-hydrogen) atoms. The van der Waals surface area contributed by atoms with Gasteiger partial charge in [-0.3, -0.25) is 10.1 Å². The summed E-state index contributed by atoms with van der Waals surface area (Å²) in [5.41, 5.74) is 1.23. The largest absolute Gasteiger partial charge is 0.313 e. The molecule has 1 aromatic carbocycles. The first-order chi connectivity index (χ1) is 8.95. The maximum Gasteiger partial charge on any atom is 0.270 e. The van der Waals surface area contributed by atoms with Crippen molar-refractivity contribution in [3.05, 3.63) is 38.3 Å². The summed E-state index contributed by atoms with van der Waals surface area (Å²) >= 11 is 3.43. The fourth-order valence-electron chi connectivity index (χ4n) is 1.93. The molecule has 1 atom stereocenters. The zero-order valence-electron chi connectivity index (χ0n) is 11.6. The number of rotatable bonds is 7. The van der Waals surface area contributed by atoms with Gasteiger partial charge in [-0.15, -0.1) is 0 Å². The van der Waals surface area contributed by atoms with Crippen LogP contribution in [0.3, 0.4) is 0 Å². The number of non-ortho nitro benzene ring substituents is 1. The van der Waals surface area contributed by atoms with Gasteiger partial charge >= 0.3 is 0 Å². The maximum absolute atomic E-state index is 10.7. The smallest absolute Gasteiger partial charge is 0.270 e. The normalized spacial score (nSPS) is 12.7. The highest BCUT2D eigenvalue weighted by atomic mass is 79.9. The Hall–Kier alpha value is -0.940. The summed E-state index contributed by atoms with van der Waals surface area (Å²) in [6.07, 6.45) is 1.97. The molecule has 0 aliphatic carbocycles. The first kappa shape index (κ1) is 16.1. The molecule has 1 rings (SSSR count). The number of nitrogens with zero attached hydrogens (tertiary/aromatic N) is 1. The molecule has 106 valence electrons. The molecule has 0 bridgehead atoms. The van der Waals surface area contributed by atoms with Crippen molar-refractivity contribution in [3.8, 4) is 0 Å². The van der Waals surface area contributed by atoms with Gasteiger partial charge in [0.25, 0.3) is 5.69 Å². The second-order valence-electron chi connectivity index (χ2n) is 5.04. The highest BCUT2D eigenvalue weighted by molar-refractivity contribution is 9.10. The highest BCUT2D eigenvalue weighted by Gasteiger charge is 2.16. The SMILES string of the molecule is CCCNC(Cc1ccc([N+](=O)[O-])cc1Br)C(C)C. The van der Waals surface area contributed by atoms with Gasteiger partial charge in [0.15, 0.2) is 0 Å². The van der Waals surface area contributed by atoms with Crippen molar-refractivity contribution in [2.45, 2.75) is 39.7 Å². The second-order valence-corrected chi connectivity index (χ2v) is 5.90. The van der Waals surface area contributed by atoms with Gasteiger partial charge in [0, 0.05) is 22.6 Å². The number of nitro benzene ring substituents is 1. The number of nitrogens with one attached hydrogen (secondary N) is 1. The number of halogens is 1. The summed E-state index contributed by atoms with van der Waals surface area (Å²) in [7, 11) is 0. The van der Waals surface area contributed by atoms with E-state index in [9.17, 15) is 10.1 Å². The molecule has 1 unspecified atom stereocenters. The van der Waals surface area contributed by atoms with Gasteiger partial charge in [-0.2, -0.15) is 0 Å². The minimum atomic E-state index is -0.371. The van der Waals surface area contributed by atoms with Gasteiger partial charge in [0.2, 0.25) is 0 Å². The molecule has 0 heterocycles. The van der Waals surface area contributed by atoms with E-state index >= 15 is 0 Å². The van der Waals surface area contributed by atoms with E-state index in [4.69, 9.17) is 0 Å². The summed E-state index contributed by atoms with van der Waals surface area (Å²) in [6, 6.07) is 5.37. The number of hydrogen-bond donors (Lipinski definition) is 1. The minimum absolute atomic E-state index is 0.123. The third kappa shape index (κ3) is 4.91. The Balaban J connectivity index is 2.81. The van der Waals surface area contributed by atoms with Crippen molar-refractivity contribution in [2.24, 2.45) is 5.92 Å². The monoisotopic (exact) mass is 328 g/mol. The molecule has 5 heteroatoms. The summed E-state index contributed by atoms with van der Waals surface area (Å²) in [4.78, 5) is 10.3. The van der Waals surface area contributed by atoms with E-state index in [0.717, 1.165) is 29.4 Å². The molecule has 0 saturated heterocycles. The summed E-state index contributed by atoms with van der Waals surface area (Å²) in [5, 5.41) is 14.2. The van der Waals surface area contributed by atoms with Crippen LogP contribution in [0, 0.1) is 16.0 Å². The first-order valence-corrected chi connectivity index (χ1v) is 7.41. The molecule has 0 aromatic heterocycles. The molecular formula is C14H21BrN2O2. The number of nitro groups is 1. The van der Waals surface area contributed by atoms with Crippen molar-refractivity contribution in [1.29, 1.82) is 0 Å². The zero-order chi connectivity index (χ0) is 14.4. The lowest BCUT2D eigenvalue weighted by Gasteiger charge is -2.23. The minimum Gasteiger partial charge on any atom is -0.313 e. The Morgan fingerprint density at radius 2 is 2.11 bits per heavy atom. The van der Waals surface area contributed by atoms with Crippen LogP contribution >= 0.6 is 15.9 Å². The molecule has 0 aliphatic heterocycles. The average Bonchev–Trinajstić information content (AvgIpc) is 2.35. The van der Waals surface area contributed by atoms with Crippen LogP contribution < -0.4 is 5.32 Å². The fraction of sp³-hybridized carbons (Fsp3) is 0.571. The molecule has 0 fully saturated rings. The lowest BCUT2D eigenvalue weighted by molar-refractivity contribution is -0.384. The molecule has 0 saturated carbocycles. The molecule has 1 N–H and O–H groups in total. The van der Waals surface area contributed by atoms with E-state index in [-0.39, 0.29) is 10.6 Å². The number of hydrogen-bond acceptors (Lipinski definition) is 3. The molecule has 1 aromatic rings. The predicted molar refractivity (Wildman–Crippen MR) is 81.4 cm³/mol. The summed E-state index contributed by atoms with van der Waals surface area (Å²) in [5.74, 6) is 0.522. The maximum atomic E-state index is 10.7. The van der Waals surface area contributed by atoms with Crippen LogP contribution in [-0.2, 0) is 6.42 Å². The van der Waals surface area contributed by atoms with Crippen LogP contribution in [0.4, 0.5) is 5.69 Å². The zero-order valence-corrected chi connectivity index (χ0v) is 13.2. The van der Waals surface area contributed by atoms with Crippen molar-refractivity contribution in [2.75, 3.05) is 6.54 Å². The van der Waals surface area contributed by atoms with Crippen LogP contribution in [0.25, 0.3) is 0 Å². The van der Waals surface area contributed by atoms with E-state index in [1.165, 1.54) is 0 Å². The molecule has 0 aliphatic rings. The topological polar surface area (TPSA) is 55.2 Å². The van der Waals surface area contributed by atoms with Gasteiger partial charge in [-0.25, -0.2) is 0 Å². The van der Waals surface area contributed by atoms with Crippen molar-refractivity contribution < 1.29 is 4.92 Å². The Morgan fingerprint density at radius 3 is 2.58 bits per heavy atom. The van der Waals surface area contributed by atoms with Crippen molar-refractivity contribution in [1.82, 2.24) is 5.32 Å². The van der Waals surface area contributed by atoms with Crippen molar-refractivity contribution >= 4 is 21.6 Å². The van der Waals surface area contributed by atoms with Gasteiger partial charge in [0.1, 0.15) is 0 Å². The molecular weight excluding hydrogens is 308 g/mol. The van der Waals surface area contributed by atoms with Crippen LogP contribution in [0.15, 0.2) is 22.7 Å². The Kier molecular flexibility index (Phi) is 6.45. The first-order valence-electron chi connectivity index (χ1n) is 6.61. The van der Waals surface area contributed by atoms with E-state index < -0.39 is 0 Å². The van der Waals surface area contributed by atoms with E-state index in [1.807, 2.05) is 6.07 Å². The van der Waals surface area contributed by atoms with Crippen LogP contribution in [-0.4, -0.2) is 17.5 Å². The summed E-state index contributed by atoms with van der Waals surface area (Å²) in [6.45, 7) is 7.51. The van der Waals surface area contributed by atoms with E-state index in [0.29, 0.717) is 12.0 Å². The molecule has 0 amide bonds. The van der Waals surface area contributed by atoms with Crippen LogP contribution in [0.5, 0.6) is 0 Å². The second kappa shape index (κ2) is 7.60. The van der Waals surface area contributed by atoms with Gasteiger partial charge < -0.3 is 5.32 Å².